The first-order valence-corrected chi connectivity index (χ1v) is 6.80. The SMILES string of the molecule is CCCCC1CC(NC)c2ccc(OC)cc2O1. The fourth-order valence-corrected chi connectivity index (χ4v) is 2.53. The molecule has 0 bridgehead atoms. The van der Waals surface area contributed by atoms with E-state index in [1.165, 1.54) is 18.4 Å². The zero-order chi connectivity index (χ0) is 13.0. The number of methoxy groups -OCH3 is 1. The number of fused-ring (bicyclic) bond motifs is 1. The molecule has 0 radical (unpaired) electrons. The highest BCUT2D eigenvalue weighted by Crippen LogP contribution is 2.38. The van der Waals surface area contributed by atoms with Gasteiger partial charge in [-0.1, -0.05) is 25.8 Å². The molecule has 0 aromatic heterocycles. The van der Waals surface area contributed by atoms with E-state index in [-0.39, 0.29) is 0 Å². The Bertz CT molecular complexity index is 392. The van der Waals surface area contributed by atoms with E-state index in [1.54, 1.807) is 7.11 Å². The summed E-state index contributed by atoms with van der Waals surface area (Å²) in [5.41, 5.74) is 1.24. The molecule has 2 rings (SSSR count). The number of rotatable bonds is 5. The van der Waals surface area contributed by atoms with Crippen molar-refractivity contribution in [1.29, 1.82) is 0 Å². The molecule has 3 heteroatoms. The van der Waals surface area contributed by atoms with Crippen molar-refractivity contribution in [2.45, 2.75) is 44.8 Å². The molecule has 1 heterocycles. The molecule has 0 saturated heterocycles. The maximum absolute atomic E-state index is 6.09. The second-order valence-corrected chi connectivity index (χ2v) is 4.86. The third-order valence-electron chi connectivity index (χ3n) is 3.62. The van der Waals surface area contributed by atoms with Crippen LogP contribution < -0.4 is 14.8 Å². The van der Waals surface area contributed by atoms with Gasteiger partial charge in [-0.25, -0.2) is 0 Å². The van der Waals surface area contributed by atoms with Gasteiger partial charge in [0.15, 0.2) is 0 Å². The highest BCUT2D eigenvalue weighted by molar-refractivity contribution is 5.43. The van der Waals surface area contributed by atoms with E-state index in [9.17, 15) is 0 Å². The van der Waals surface area contributed by atoms with E-state index in [0.717, 1.165) is 24.3 Å². The third-order valence-corrected chi connectivity index (χ3v) is 3.62. The molecule has 0 fully saturated rings. The van der Waals surface area contributed by atoms with E-state index in [4.69, 9.17) is 9.47 Å². The van der Waals surface area contributed by atoms with E-state index in [2.05, 4.69) is 18.3 Å². The molecule has 0 saturated carbocycles. The van der Waals surface area contributed by atoms with Crippen LogP contribution in [0.1, 0.15) is 44.2 Å². The van der Waals surface area contributed by atoms with Gasteiger partial charge in [-0.3, -0.25) is 0 Å². The molecule has 0 spiro atoms. The average molecular weight is 249 g/mol. The van der Waals surface area contributed by atoms with Crippen LogP contribution in [-0.4, -0.2) is 20.3 Å². The summed E-state index contributed by atoms with van der Waals surface area (Å²) in [6.07, 6.45) is 4.94. The molecule has 0 aliphatic carbocycles. The minimum absolute atomic E-state index is 0.321. The summed E-state index contributed by atoms with van der Waals surface area (Å²) in [6, 6.07) is 6.49. The van der Waals surface area contributed by atoms with Gasteiger partial charge in [-0.05, 0) is 19.5 Å². The van der Waals surface area contributed by atoms with Gasteiger partial charge in [0.1, 0.15) is 17.6 Å². The zero-order valence-corrected chi connectivity index (χ0v) is 11.5. The predicted octanol–water partition coefficient (Wildman–Crippen LogP) is 3.30. The highest BCUT2D eigenvalue weighted by atomic mass is 16.5. The second-order valence-electron chi connectivity index (χ2n) is 4.86. The maximum atomic E-state index is 6.09. The van der Waals surface area contributed by atoms with Gasteiger partial charge in [0.2, 0.25) is 0 Å². The Kier molecular flexibility index (Phi) is 4.48. The molecule has 1 N–H and O–H groups in total. The second kappa shape index (κ2) is 6.10. The van der Waals surface area contributed by atoms with Crippen molar-refractivity contribution in [3.63, 3.8) is 0 Å². The first kappa shape index (κ1) is 13.2. The lowest BCUT2D eigenvalue weighted by molar-refractivity contribution is 0.140. The molecule has 1 aromatic rings. The van der Waals surface area contributed by atoms with Crippen LogP contribution in [0.4, 0.5) is 0 Å². The molecular formula is C15H23NO2. The molecule has 3 nitrogen and oxygen atoms in total. The monoisotopic (exact) mass is 249 g/mol. The summed E-state index contributed by atoms with van der Waals surface area (Å²) in [6.45, 7) is 2.22. The highest BCUT2D eigenvalue weighted by Gasteiger charge is 2.27. The normalized spacial score (nSPS) is 22.2. The molecule has 1 aromatic carbocycles. The van der Waals surface area contributed by atoms with Crippen molar-refractivity contribution in [2.24, 2.45) is 0 Å². The summed E-state index contributed by atoms with van der Waals surface area (Å²) in [5, 5.41) is 3.38. The van der Waals surface area contributed by atoms with Gasteiger partial charge in [0.25, 0.3) is 0 Å². The van der Waals surface area contributed by atoms with Gasteiger partial charge < -0.3 is 14.8 Å². The van der Waals surface area contributed by atoms with Crippen molar-refractivity contribution in [1.82, 2.24) is 5.32 Å². The van der Waals surface area contributed by atoms with Crippen LogP contribution >= 0.6 is 0 Å². The Labute approximate surface area is 109 Å². The van der Waals surface area contributed by atoms with Crippen LogP contribution in [-0.2, 0) is 0 Å². The molecule has 18 heavy (non-hydrogen) atoms. The predicted molar refractivity (Wildman–Crippen MR) is 73.4 cm³/mol. The van der Waals surface area contributed by atoms with Crippen LogP contribution in [0.3, 0.4) is 0 Å². The fraction of sp³-hybridized carbons (Fsp3) is 0.600. The van der Waals surface area contributed by atoms with Crippen molar-refractivity contribution in [3.05, 3.63) is 23.8 Å². The first-order valence-electron chi connectivity index (χ1n) is 6.80. The molecule has 1 aliphatic heterocycles. The first-order chi connectivity index (χ1) is 8.78. The standard InChI is InChI=1S/C15H23NO2/c1-4-5-6-12-9-14(16-2)13-8-7-11(17-3)10-15(13)18-12/h7-8,10,12,14,16H,4-6,9H2,1-3H3. The minimum Gasteiger partial charge on any atom is -0.497 e. The summed E-state index contributed by atoms with van der Waals surface area (Å²) in [5.74, 6) is 1.83. The summed E-state index contributed by atoms with van der Waals surface area (Å²) >= 11 is 0. The number of unbranched alkanes of at least 4 members (excludes halogenated alkanes) is 1. The molecule has 2 atom stereocenters. The van der Waals surface area contributed by atoms with Gasteiger partial charge in [0.05, 0.1) is 7.11 Å². The van der Waals surface area contributed by atoms with Gasteiger partial charge in [0, 0.05) is 24.1 Å². The number of nitrogens with one attached hydrogen (secondary N) is 1. The van der Waals surface area contributed by atoms with Crippen molar-refractivity contribution in [2.75, 3.05) is 14.2 Å². The quantitative estimate of drug-likeness (QED) is 0.868. The van der Waals surface area contributed by atoms with Gasteiger partial charge >= 0.3 is 0 Å². The van der Waals surface area contributed by atoms with Crippen LogP contribution in [0.25, 0.3) is 0 Å². The number of benzene rings is 1. The lowest BCUT2D eigenvalue weighted by Gasteiger charge is -2.32. The fourth-order valence-electron chi connectivity index (χ4n) is 2.53. The Balaban J connectivity index is 2.19. The summed E-state index contributed by atoms with van der Waals surface area (Å²) < 4.78 is 11.4. The minimum atomic E-state index is 0.321. The van der Waals surface area contributed by atoms with Crippen LogP contribution in [0.5, 0.6) is 11.5 Å². The number of hydrogen-bond acceptors (Lipinski definition) is 3. The maximum Gasteiger partial charge on any atom is 0.128 e. The van der Waals surface area contributed by atoms with Gasteiger partial charge in [-0.15, -0.1) is 0 Å². The van der Waals surface area contributed by atoms with Crippen molar-refractivity contribution < 1.29 is 9.47 Å². The smallest absolute Gasteiger partial charge is 0.128 e. The van der Waals surface area contributed by atoms with Crippen LogP contribution in [0.15, 0.2) is 18.2 Å². The topological polar surface area (TPSA) is 30.5 Å². The molecule has 100 valence electrons. The Morgan fingerprint density at radius 1 is 1.44 bits per heavy atom. The number of hydrogen-bond donors (Lipinski definition) is 1. The zero-order valence-electron chi connectivity index (χ0n) is 11.5. The molecular weight excluding hydrogens is 226 g/mol. The lowest BCUT2D eigenvalue weighted by atomic mass is 9.94. The van der Waals surface area contributed by atoms with E-state index in [1.807, 2.05) is 19.2 Å². The van der Waals surface area contributed by atoms with Crippen LogP contribution in [0, 0.1) is 0 Å². The summed E-state index contributed by atoms with van der Waals surface area (Å²) in [7, 11) is 3.70. The van der Waals surface area contributed by atoms with Crippen molar-refractivity contribution in [3.8, 4) is 11.5 Å². The van der Waals surface area contributed by atoms with Gasteiger partial charge in [-0.2, -0.15) is 0 Å². The largest absolute Gasteiger partial charge is 0.497 e. The van der Waals surface area contributed by atoms with E-state index >= 15 is 0 Å². The van der Waals surface area contributed by atoms with E-state index < -0.39 is 0 Å². The lowest BCUT2D eigenvalue weighted by Crippen LogP contribution is -2.31. The van der Waals surface area contributed by atoms with Crippen LogP contribution in [0.2, 0.25) is 0 Å². The summed E-state index contributed by atoms with van der Waals surface area (Å²) in [4.78, 5) is 0. The van der Waals surface area contributed by atoms with E-state index in [0.29, 0.717) is 12.1 Å². The Morgan fingerprint density at radius 2 is 2.28 bits per heavy atom. The Morgan fingerprint density at radius 3 is 2.94 bits per heavy atom. The average Bonchev–Trinajstić information content (AvgIpc) is 2.43. The van der Waals surface area contributed by atoms with Crippen molar-refractivity contribution >= 4 is 0 Å². The molecule has 2 unspecified atom stereocenters. The number of ether oxygens (including phenoxy) is 2. The Hall–Kier alpha value is -1.22. The molecule has 1 aliphatic rings. The molecule has 0 amide bonds. The third kappa shape index (κ3) is 2.78.